The molecule has 11 nitrogen and oxygen atoms in total. The van der Waals surface area contributed by atoms with Crippen molar-refractivity contribution in [3.8, 4) is 0 Å². The zero-order valence-electron chi connectivity index (χ0n) is 36.3. The molecular weight excluding hydrogens is 825 g/mol. The van der Waals surface area contributed by atoms with Crippen LogP contribution >= 0.6 is 0 Å². The summed E-state index contributed by atoms with van der Waals surface area (Å²) in [4.78, 5) is 0. The Kier molecular flexibility index (Phi) is 17.4. The average Bonchev–Trinajstić information content (AvgIpc) is 3.36. The van der Waals surface area contributed by atoms with Crippen LogP contribution < -0.4 is 0 Å². The maximum absolute atomic E-state index is 12.3. The number of hydrogen-bond acceptors (Lipinski definition) is 11. The van der Waals surface area contributed by atoms with Crippen LogP contribution in [-0.4, -0.2) is 84.8 Å². The molecule has 0 radical (unpaired) electrons. The average molecular weight is 883 g/mol. The van der Waals surface area contributed by atoms with Gasteiger partial charge in [0.1, 0.15) is 48.8 Å². The predicted molar refractivity (Wildman–Crippen MR) is 243 cm³/mol. The molecule has 0 saturated carbocycles. The van der Waals surface area contributed by atoms with Crippen molar-refractivity contribution in [3.63, 3.8) is 0 Å². The third kappa shape index (κ3) is 13.5. The molecule has 2 saturated heterocycles. The lowest BCUT2D eigenvalue weighted by molar-refractivity contribution is -0.387. The molecule has 8 rings (SSSR count). The Hall–Kier alpha value is -5.12. The lowest BCUT2D eigenvalue weighted by atomic mass is 9.97. The van der Waals surface area contributed by atoms with Crippen molar-refractivity contribution in [2.75, 3.05) is 13.2 Å². The summed E-state index contributed by atoms with van der Waals surface area (Å²) >= 11 is 0. The molecule has 0 spiro atoms. The normalized spacial score (nSPS) is 25.6. The van der Waals surface area contributed by atoms with Crippen LogP contribution in [0.4, 0.5) is 0 Å². The Bertz CT molecular complexity index is 2050. The molecule has 0 amide bonds. The molecular formula is C54H58O11. The highest BCUT2D eigenvalue weighted by Gasteiger charge is 2.52. The molecule has 6 aromatic rings. The van der Waals surface area contributed by atoms with Gasteiger partial charge in [-0.2, -0.15) is 0 Å². The number of benzene rings is 6. The van der Waals surface area contributed by atoms with Crippen molar-refractivity contribution in [2.24, 2.45) is 0 Å². The first-order valence-corrected chi connectivity index (χ1v) is 22.3. The van der Waals surface area contributed by atoms with E-state index in [1.807, 2.05) is 182 Å². The number of hydrogen-bond donors (Lipinski definition) is 2. The second-order valence-electron chi connectivity index (χ2n) is 16.2. The third-order valence-electron chi connectivity index (χ3n) is 11.4. The Balaban J connectivity index is 1.07. The first-order chi connectivity index (χ1) is 32.1. The summed E-state index contributed by atoms with van der Waals surface area (Å²) in [6.45, 7) is 1.60. The minimum atomic E-state index is -1.40. The SMILES string of the molecule is O[C@@H]1[C@@H](O[C@H]2O[C@H](COCc3ccccc3)[C@@H](OCc3ccccc3)[C@H](OCc3ccccc3)[C@@H]2O)O[C@H](COCc2ccccc2)[C@@H](OCc2ccccc2)[C@@H]1OCc1ccccc1. The van der Waals surface area contributed by atoms with Crippen molar-refractivity contribution in [1.29, 1.82) is 0 Å². The van der Waals surface area contributed by atoms with Crippen LogP contribution in [0, 0.1) is 0 Å². The van der Waals surface area contributed by atoms with E-state index in [1.54, 1.807) is 0 Å². The van der Waals surface area contributed by atoms with E-state index in [0.717, 1.165) is 33.4 Å². The molecule has 340 valence electrons. The Morgan fingerprint density at radius 1 is 0.323 bits per heavy atom. The summed E-state index contributed by atoms with van der Waals surface area (Å²) in [6, 6.07) is 58.7. The first-order valence-electron chi connectivity index (χ1n) is 22.3. The van der Waals surface area contributed by atoms with Crippen molar-refractivity contribution in [1.82, 2.24) is 0 Å². The Morgan fingerprint density at radius 2 is 0.569 bits per heavy atom. The van der Waals surface area contributed by atoms with Gasteiger partial charge in [0.15, 0.2) is 12.6 Å². The van der Waals surface area contributed by atoms with E-state index in [4.69, 9.17) is 42.6 Å². The molecule has 2 fully saturated rings. The topological polar surface area (TPSA) is 124 Å². The van der Waals surface area contributed by atoms with Crippen LogP contribution in [0.15, 0.2) is 182 Å². The fourth-order valence-corrected chi connectivity index (χ4v) is 8.00. The van der Waals surface area contributed by atoms with Gasteiger partial charge < -0.3 is 52.8 Å². The number of rotatable bonds is 22. The number of ether oxygens (including phenoxy) is 9. The van der Waals surface area contributed by atoms with E-state index >= 15 is 0 Å². The molecule has 0 aromatic heterocycles. The fourth-order valence-electron chi connectivity index (χ4n) is 8.00. The zero-order valence-corrected chi connectivity index (χ0v) is 36.3. The van der Waals surface area contributed by atoms with Crippen molar-refractivity contribution < 1.29 is 52.8 Å². The third-order valence-corrected chi connectivity index (χ3v) is 11.4. The van der Waals surface area contributed by atoms with Gasteiger partial charge in [-0.1, -0.05) is 182 Å². The summed E-state index contributed by atoms with van der Waals surface area (Å²) in [7, 11) is 0. The van der Waals surface area contributed by atoms with Gasteiger partial charge in [-0.25, -0.2) is 0 Å². The Morgan fingerprint density at radius 3 is 0.846 bits per heavy atom. The lowest BCUT2D eigenvalue weighted by Crippen LogP contribution is -2.65. The van der Waals surface area contributed by atoms with Crippen LogP contribution in [-0.2, 0) is 82.3 Å². The molecule has 10 atom stereocenters. The second-order valence-corrected chi connectivity index (χ2v) is 16.2. The number of aliphatic hydroxyl groups is 2. The molecule has 0 unspecified atom stereocenters. The van der Waals surface area contributed by atoms with E-state index in [2.05, 4.69) is 0 Å². The standard InChI is InChI=1S/C54H58O11/c55-47-51(61-35-43-27-15-5-16-28-43)49(59-33-41-23-11-3-12-24-41)45(37-57-31-39-19-7-1-8-20-39)63-53(47)65-54-48(56)52(62-36-44-29-17-6-18-30-44)50(60-34-42-25-13-4-14-26-42)46(64-54)38-58-32-40-21-9-2-10-22-40/h1-30,45-56H,31-38H2/t45-,46-,47+,48+,49-,50-,51-,52-,53-,54-/m1/s1. The van der Waals surface area contributed by atoms with Crippen LogP contribution in [0.25, 0.3) is 0 Å². The summed E-state index contributed by atoms with van der Waals surface area (Å²) in [6.07, 6.45) is -10.6. The molecule has 2 heterocycles. The highest BCUT2D eigenvalue weighted by Crippen LogP contribution is 2.34. The zero-order chi connectivity index (χ0) is 44.5. The monoisotopic (exact) mass is 882 g/mol. The van der Waals surface area contributed by atoms with Crippen LogP contribution in [0.2, 0.25) is 0 Å². The highest BCUT2D eigenvalue weighted by atomic mass is 16.8. The Labute approximate surface area is 381 Å². The second kappa shape index (κ2) is 24.4. The molecule has 2 N–H and O–H groups in total. The van der Waals surface area contributed by atoms with Gasteiger partial charge >= 0.3 is 0 Å². The summed E-state index contributed by atoms with van der Waals surface area (Å²) in [5, 5.41) is 24.6. The molecule has 11 heteroatoms. The number of aliphatic hydroxyl groups excluding tert-OH is 2. The largest absolute Gasteiger partial charge is 0.385 e. The van der Waals surface area contributed by atoms with Crippen LogP contribution in [0.3, 0.4) is 0 Å². The summed E-state index contributed by atoms with van der Waals surface area (Å²) in [5.41, 5.74) is 5.67. The van der Waals surface area contributed by atoms with E-state index in [-0.39, 0.29) is 39.6 Å². The summed E-state index contributed by atoms with van der Waals surface area (Å²) in [5.74, 6) is 0. The van der Waals surface area contributed by atoms with Crippen molar-refractivity contribution in [3.05, 3.63) is 215 Å². The maximum atomic E-state index is 12.3. The van der Waals surface area contributed by atoms with Crippen molar-refractivity contribution >= 4 is 0 Å². The van der Waals surface area contributed by atoms with E-state index < -0.39 is 61.4 Å². The first kappa shape index (κ1) is 46.4. The van der Waals surface area contributed by atoms with Gasteiger partial charge in [0.25, 0.3) is 0 Å². The quantitative estimate of drug-likeness (QED) is 0.0691. The molecule has 2 aliphatic heterocycles. The van der Waals surface area contributed by atoms with E-state index in [9.17, 15) is 10.2 Å². The smallest absolute Gasteiger partial charge is 0.189 e. The van der Waals surface area contributed by atoms with E-state index in [0.29, 0.717) is 13.2 Å². The highest BCUT2D eigenvalue weighted by molar-refractivity contribution is 5.18. The predicted octanol–water partition coefficient (Wildman–Crippen LogP) is 7.95. The van der Waals surface area contributed by atoms with Gasteiger partial charge in [-0.3, -0.25) is 0 Å². The van der Waals surface area contributed by atoms with Gasteiger partial charge in [0.2, 0.25) is 0 Å². The van der Waals surface area contributed by atoms with Crippen LogP contribution in [0.5, 0.6) is 0 Å². The molecule has 0 bridgehead atoms. The minimum absolute atomic E-state index is 0.0777. The molecule has 65 heavy (non-hydrogen) atoms. The van der Waals surface area contributed by atoms with Gasteiger partial charge in [0.05, 0.1) is 52.9 Å². The van der Waals surface area contributed by atoms with E-state index in [1.165, 1.54) is 0 Å². The van der Waals surface area contributed by atoms with Gasteiger partial charge in [-0.15, -0.1) is 0 Å². The molecule has 6 aromatic carbocycles. The van der Waals surface area contributed by atoms with Gasteiger partial charge in [0, 0.05) is 0 Å². The summed E-state index contributed by atoms with van der Waals surface area (Å²) < 4.78 is 58.8. The fraction of sp³-hybridized carbons (Fsp3) is 0.333. The molecule has 0 aliphatic carbocycles. The van der Waals surface area contributed by atoms with Gasteiger partial charge in [-0.05, 0) is 33.4 Å². The lowest BCUT2D eigenvalue weighted by Gasteiger charge is -2.48. The van der Waals surface area contributed by atoms with Crippen molar-refractivity contribution in [2.45, 2.75) is 101 Å². The minimum Gasteiger partial charge on any atom is -0.385 e. The maximum Gasteiger partial charge on any atom is 0.189 e. The van der Waals surface area contributed by atoms with Crippen LogP contribution in [0.1, 0.15) is 33.4 Å². The molecule has 2 aliphatic rings.